The molecule has 0 bridgehead atoms. The topological polar surface area (TPSA) is 38.7 Å². The summed E-state index contributed by atoms with van der Waals surface area (Å²) in [6.45, 7) is 8.46. The first kappa shape index (κ1) is 15.1. The van der Waals surface area contributed by atoms with E-state index < -0.39 is 0 Å². The van der Waals surface area contributed by atoms with E-state index in [0.29, 0.717) is 23.5 Å². The van der Waals surface area contributed by atoms with Crippen molar-refractivity contribution in [2.45, 2.75) is 71.2 Å². The van der Waals surface area contributed by atoms with Crippen LogP contribution in [0.15, 0.2) is 17.7 Å². The Hall–Kier alpha value is -1.48. The van der Waals surface area contributed by atoms with Crippen LogP contribution >= 0.6 is 0 Å². The predicted octanol–water partition coefficient (Wildman–Crippen LogP) is 4.77. The van der Waals surface area contributed by atoms with Gasteiger partial charge in [0, 0.05) is 17.0 Å². The minimum absolute atomic E-state index is 0.141. The molecular weight excluding hydrogens is 288 g/mol. The third kappa shape index (κ3) is 2.28. The lowest BCUT2D eigenvalue weighted by molar-refractivity contribution is -0.0934. The fourth-order valence-electron chi connectivity index (χ4n) is 4.78. The number of hydrogen-bond donors (Lipinski definition) is 1. The first-order chi connectivity index (χ1) is 11.0. The smallest absolute Gasteiger partial charge is 0.203 e. The molecule has 0 amide bonds. The lowest BCUT2D eigenvalue weighted by atomic mass is 9.69. The van der Waals surface area contributed by atoms with E-state index in [0.717, 1.165) is 29.7 Å². The van der Waals surface area contributed by atoms with Gasteiger partial charge in [0.15, 0.2) is 0 Å². The number of ether oxygens (including phenoxy) is 2. The maximum Gasteiger partial charge on any atom is 0.203 e. The van der Waals surface area contributed by atoms with Crippen molar-refractivity contribution in [1.29, 1.82) is 0 Å². The van der Waals surface area contributed by atoms with Crippen LogP contribution in [0.2, 0.25) is 0 Å². The third-order valence-electron chi connectivity index (χ3n) is 5.73. The molecule has 0 unspecified atom stereocenters. The SMILES string of the molecule is CC(C)=C[C@@H]1C[C@@H]2[C@@H](Oc3c(C)cc(O)c4c3[C@H]2CC[C@H]4C)O1. The molecule has 1 fully saturated rings. The first-order valence-electron chi connectivity index (χ1n) is 8.79. The van der Waals surface area contributed by atoms with Crippen LogP contribution in [0.1, 0.15) is 68.6 Å². The largest absolute Gasteiger partial charge is 0.508 e. The van der Waals surface area contributed by atoms with Crippen LogP contribution in [0.3, 0.4) is 0 Å². The van der Waals surface area contributed by atoms with Gasteiger partial charge in [-0.3, -0.25) is 0 Å². The summed E-state index contributed by atoms with van der Waals surface area (Å²) in [6.07, 6.45) is 5.54. The van der Waals surface area contributed by atoms with Gasteiger partial charge in [-0.15, -0.1) is 0 Å². The van der Waals surface area contributed by atoms with E-state index in [9.17, 15) is 5.11 Å². The van der Waals surface area contributed by atoms with E-state index in [-0.39, 0.29) is 12.4 Å². The molecule has 0 spiro atoms. The Labute approximate surface area is 138 Å². The summed E-state index contributed by atoms with van der Waals surface area (Å²) >= 11 is 0. The maximum atomic E-state index is 10.5. The molecule has 1 saturated heterocycles. The lowest BCUT2D eigenvalue weighted by Crippen LogP contribution is -2.36. The van der Waals surface area contributed by atoms with E-state index in [1.54, 1.807) is 0 Å². The Bertz CT molecular complexity index is 672. The van der Waals surface area contributed by atoms with Gasteiger partial charge in [0.05, 0.1) is 6.10 Å². The van der Waals surface area contributed by atoms with Crippen molar-refractivity contribution in [3.05, 3.63) is 34.4 Å². The van der Waals surface area contributed by atoms with Crippen LogP contribution in [-0.4, -0.2) is 17.5 Å². The molecule has 1 aliphatic carbocycles. The third-order valence-corrected chi connectivity index (χ3v) is 5.73. The van der Waals surface area contributed by atoms with Gasteiger partial charge in [-0.25, -0.2) is 0 Å². The second kappa shape index (κ2) is 5.27. The fourth-order valence-corrected chi connectivity index (χ4v) is 4.78. The summed E-state index contributed by atoms with van der Waals surface area (Å²) in [5.74, 6) is 2.66. The van der Waals surface area contributed by atoms with Crippen LogP contribution < -0.4 is 4.74 Å². The summed E-state index contributed by atoms with van der Waals surface area (Å²) in [6, 6.07) is 1.86. The lowest BCUT2D eigenvalue weighted by Gasteiger charge is -2.41. The van der Waals surface area contributed by atoms with Crippen LogP contribution in [-0.2, 0) is 4.74 Å². The van der Waals surface area contributed by atoms with Crippen LogP contribution in [0, 0.1) is 12.8 Å². The zero-order valence-electron chi connectivity index (χ0n) is 14.4. The monoisotopic (exact) mass is 314 g/mol. The highest BCUT2D eigenvalue weighted by atomic mass is 16.7. The first-order valence-corrected chi connectivity index (χ1v) is 8.79. The van der Waals surface area contributed by atoms with Crippen LogP contribution in [0.4, 0.5) is 0 Å². The fraction of sp³-hybridized carbons (Fsp3) is 0.600. The molecule has 2 heterocycles. The van der Waals surface area contributed by atoms with E-state index in [1.807, 2.05) is 13.0 Å². The highest BCUT2D eigenvalue weighted by Gasteiger charge is 2.48. The molecule has 1 aromatic rings. The standard InChI is InChI=1S/C20H26O3/c1-10(2)7-13-9-15-14-6-5-11(3)17-16(21)8-12(4)19(18(14)17)23-20(15)22-13/h7-8,11,13-15,20-21H,5-6,9H2,1-4H3/t11-,13-,14+,15+,20-/m1/s1. The minimum Gasteiger partial charge on any atom is -0.508 e. The van der Waals surface area contributed by atoms with E-state index >= 15 is 0 Å². The second-order valence-corrected chi connectivity index (χ2v) is 7.76. The normalized spacial score (nSPS) is 34.3. The van der Waals surface area contributed by atoms with Gasteiger partial charge in [0.1, 0.15) is 11.5 Å². The van der Waals surface area contributed by atoms with Crippen molar-refractivity contribution in [2.24, 2.45) is 5.92 Å². The van der Waals surface area contributed by atoms with Gasteiger partial charge in [-0.2, -0.15) is 0 Å². The van der Waals surface area contributed by atoms with E-state index in [1.165, 1.54) is 17.6 Å². The molecular formula is C20H26O3. The van der Waals surface area contributed by atoms with Crippen molar-refractivity contribution in [1.82, 2.24) is 0 Å². The number of allylic oxidation sites excluding steroid dienone is 1. The van der Waals surface area contributed by atoms with Crippen LogP contribution in [0.25, 0.3) is 0 Å². The summed E-state index contributed by atoms with van der Waals surface area (Å²) in [4.78, 5) is 0. The molecule has 1 aromatic carbocycles. The van der Waals surface area contributed by atoms with Gasteiger partial charge < -0.3 is 14.6 Å². The molecule has 3 aliphatic rings. The van der Waals surface area contributed by atoms with Crippen molar-refractivity contribution in [2.75, 3.05) is 0 Å². The van der Waals surface area contributed by atoms with Gasteiger partial charge in [0.25, 0.3) is 0 Å². The zero-order chi connectivity index (χ0) is 16.3. The Morgan fingerprint density at radius 3 is 2.78 bits per heavy atom. The van der Waals surface area contributed by atoms with Crippen molar-refractivity contribution in [3.63, 3.8) is 0 Å². The Kier molecular flexibility index (Phi) is 3.45. The summed E-state index contributed by atoms with van der Waals surface area (Å²) in [5, 5.41) is 10.5. The average Bonchev–Trinajstić information content (AvgIpc) is 2.86. The maximum absolute atomic E-state index is 10.5. The molecule has 3 nitrogen and oxygen atoms in total. The van der Waals surface area contributed by atoms with Crippen molar-refractivity contribution in [3.8, 4) is 11.5 Å². The molecule has 1 N–H and O–H groups in total. The molecule has 23 heavy (non-hydrogen) atoms. The minimum atomic E-state index is -0.141. The molecule has 5 atom stereocenters. The second-order valence-electron chi connectivity index (χ2n) is 7.76. The molecule has 2 aliphatic heterocycles. The Balaban J connectivity index is 1.79. The van der Waals surface area contributed by atoms with Gasteiger partial charge >= 0.3 is 0 Å². The summed E-state index contributed by atoms with van der Waals surface area (Å²) in [5.41, 5.74) is 4.70. The van der Waals surface area contributed by atoms with E-state index in [4.69, 9.17) is 9.47 Å². The number of aryl methyl sites for hydroxylation is 1. The van der Waals surface area contributed by atoms with Crippen molar-refractivity contribution >= 4 is 0 Å². The Morgan fingerprint density at radius 1 is 1.26 bits per heavy atom. The van der Waals surface area contributed by atoms with Crippen molar-refractivity contribution < 1.29 is 14.6 Å². The summed E-state index contributed by atoms with van der Waals surface area (Å²) < 4.78 is 12.5. The zero-order valence-corrected chi connectivity index (χ0v) is 14.4. The number of hydrogen-bond acceptors (Lipinski definition) is 3. The molecule has 124 valence electrons. The van der Waals surface area contributed by atoms with Crippen LogP contribution in [0.5, 0.6) is 11.5 Å². The van der Waals surface area contributed by atoms with E-state index in [2.05, 4.69) is 26.8 Å². The molecule has 0 aromatic heterocycles. The predicted molar refractivity (Wildman–Crippen MR) is 90.1 cm³/mol. The number of benzene rings is 1. The number of aromatic hydroxyl groups is 1. The summed E-state index contributed by atoms with van der Waals surface area (Å²) in [7, 11) is 0. The average molecular weight is 314 g/mol. The molecule has 0 saturated carbocycles. The highest BCUT2D eigenvalue weighted by Crippen LogP contribution is 2.57. The Morgan fingerprint density at radius 2 is 2.04 bits per heavy atom. The van der Waals surface area contributed by atoms with Gasteiger partial charge in [-0.05, 0) is 63.5 Å². The number of phenolic OH excluding ortho intramolecular Hbond substituents is 1. The molecule has 3 heteroatoms. The highest BCUT2D eigenvalue weighted by molar-refractivity contribution is 5.58. The molecule has 4 rings (SSSR count). The number of fused-ring (bicyclic) bond motifs is 2. The molecule has 0 radical (unpaired) electrons. The quantitative estimate of drug-likeness (QED) is 0.759. The van der Waals surface area contributed by atoms with Gasteiger partial charge in [0.2, 0.25) is 6.29 Å². The van der Waals surface area contributed by atoms with Gasteiger partial charge in [-0.1, -0.05) is 18.6 Å². The number of rotatable bonds is 1. The number of phenols is 1.